The van der Waals surface area contributed by atoms with Crippen molar-refractivity contribution in [3.63, 3.8) is 0 Å². The number of imide groups is 1. The van der Waals surface area contributed by atoms with Crippen molar-refractivity contribution < 1.29 is 18.0 Å². The fraction of sp³-hybridized carbons (Fsp3) is 0.667. The number of sulfonamides is 1. The molecule has 8 nitrogen and oxygen atoms in total. The van der Waals surface area contributed by atoms with Crippen molar-refractivity contribution in [1.29, 1.82) is 0 Å². The predicted octanol–water partition coefficient (Wildman–Crippen LogP) is 1.04. The van der Waals surface area contributed by atoms with Gasteiger partial charge in [0.15, 0.2) is 0 Å². The molecule has 1 aromatic heterocycles. The first-order chi connectivity index (χ1) is 12.7. The molecule has 0 aliphatic carbocycles. The Morgan fingerprint density at radius 1 is 0.926 bits per heavy atom. The number of carbonyl (C=O) groups is 2. The molecular weight excluding hydrogens is 368 g/mol. The summed E-state index contributed by atoms with van der Waals surface area (Å²) in [4.78, 5) is 29.1. The molecule has 3 rings (SSSR count). The summed E-state index contributed by atoms with van der Waals surface area (Å²) in [7, 11) is -3.20. The second-order valence-electron chi connectivity index (χ2n) is 7.39. The summed E-state index contributed by atoms with van der Waals surface area (Å²) in [5, 5.41) is 0. The second-order valence-corrected chi connectivity index (χ2v) is 9.37. The van der Waals surface area contributed by atoms with E-state index in [-0.39, 0.29) is 18.5 Å². The van der Waals surface area contributed by atoms with Gasteiger partial charge in [-0.1, -0.05) is 13.3 Å². The van der Waals surface area contributed by atoms with Gasteiger partial charge < -0.3 is 4.57 Å². The Bertz CT molecular complexity index is 827. The lowest BCUT2D eigenvalue weighted by atomic mass is 10.1. The molecule has 0 N–H and O–H groups in total. The number of aromatic nitrogens is 1. The SMILES string of the molecule is CCCCn1c(C)c2c(c1C)C(=O)N(CN1CCN(S(C)(=O)=O)CC1)C2=O. The van der Waals surface area contributed by atoms with Gasteiger partial charge >= 0.3 is 0 Å². The van der Waals surface area contributed by atoms with E-state index < -0.39 is 10.0 Å². The van der Waals surface area contributed by atoms with E-state index in [1.165, 1.54) is 15.5 Å². The van der Waals surface area contributed by atoms with Gasteiger partial charge in [-0.25, -0.2) is 8.42 Å². The van der Waals surface area contributed by atoms with E-state index in [9.17, 15) is 18.0 Å². The van der Waals surface area contributed by atoms with Crippen LogP contribution in [0.15, 0.2) is 0 Å². The van der Waals surface area contributed by atoms with Crippen LogP contribution in [0.2, 0.25) is 0 Å². The third kappa shape index (κ3) is 3.55. The molecule has 0 unspecified atom stereocenters. The molecule has 150 valence electrons. The third-order valence-electron chi connectivity index (χ3n) is 5.58. The predicted molar refractivity (Wildman–Crippen MR) is 102 cm³/mol. The van der Waals surface area contributed by atoms with Crippen LogP contribution in [0.4, 0.5) is 0 Å². The summed E-state index contributed by atoms with van der Waals surface area (Å²) >= 11 is 0. The van der Waals surface area contributed by atoms with Crippen molar-refractivity contribution >= 4 is 21.8 Å². The van der Waals surface area contributed by atoms with E-state index in [2.05, 4.69) is 11.5 Å². The molecule has 1 aromatic rings. The maximum atomic E-state index is 12.9. The first-order valence-electron chi connectivity index (χ1n) is 9.40. The topological polar surface area (TPSA) is 82.9 Å². The average Bonchev–Trinajstić information content (AvgIpc) is 3.00. The summed E-state index contributed by atoms with van der Waals surface area (Å²) in [5.41, 5.74) is 2.78. The number of carbonyl (C=O) groups excluding carboxylic acids is 2. The van der Waals surface area contributed by atoms with Gasteiger partial charge in [0.05, 0.1) is 24.1 Å². The highest BCUT2D eigenvalue weighted by Crippen LogP contribution is 2.31. The van der Waals surface area contributed by atoms with Crippen molar-refractivity contribution in [1.82, 2.24) is 18.7 Å². The smallest absolute Gasteiger partial charge is 0.264 e. The van der Waals surface area contributed by atoms with Gasteiger partial charge in [0.25, 0.3) is 11.8 Å². The van der Waals surface area contributed by atoms with Gasteiger partial charge in [0.2, 0.25) is 10.0 Å². The molecule has 0 atom stereocenters. The fourth-order valence-corrected chi connectivity index (χ4v) is 4.78. The number of unbranched alkanes of at least 4 members (excludes halogenated alkanes) is 1. The molecule has 2 aliphatic heterocycles. The number of piperazine rings is 1. The quantitative estimate of drug-likeness (QED) is 0.671. The zero-order valence-electron chi connectivity index (χ0n) is 16.5. The third-order valence-corrected chi connectivity index (χ3v) is 6.88. The zero-order valence-corrected chi connectivity index (χ0v) is 17.3. The molecule has 0 saturated carbocycles. The summed E-state index contributed by atoms with van der Waals surface area (Å²) in [6.45, 7) is 8.71. The molecule has 27 heavy (non-hydrogen) atoms. The Morgan fingerprint density at radius 2 is 1.44 bits per heavy atom. The summed E-state index contributed by atoms with van der Waals surface area (Å²) < 4.78 is 26.8. The van der Waals surface area contributed by atoms with Crippen molar-refractivity contribution in [2.75, 3.05) is 39.1 Å². The van der Waals surface area contributed by atoms with E-state index in [1.807, 2.05) is 18.7 Å². The fourth-order valence-electron chi connectivity index (χ4n) is 3.95. The Labute approximate surface area is 160 Å². The van der Waals surface area contributed by atoms with Gasteiger partial charge in [-0.2, -0.15) is 4.31 Å². The van der Waals surface area contributed by atoms with Gasteiger partial charge in [0.1, 0.15) is 0 Å². The number of fused-ring (bicyclic) bond motifs is 1. The van der Waals surface area contributed by atoms with E-state index in [0.29, 0.717) is 37.3 Å². The largest absolute Gasteiger partial charge is 0.348 e. The first kappa shape index (κ1) is 20.0. The van der Waals surface area contributed by atoms with Crippen molar-refractivity contribution in [3.05, 3.63) is 22.5 Å². The lowest BCUT2D eigenvalue weighted by Crippen LogP contribution is -2.52. The standard InChI is InChI=1S/C18H28N4O4S/c1-5-6-7-21-13(2)15-16(14(21)3)18(24)22(17(15)23)12-19-8-10-20(11-9-19)27(4,25)26/h5-12H2,1-4H3. The molecule has 9 heteroatoms. The Hall–Kier alpha value is -1.71. The Kier molecular flexibility index (Phi) is 5.47. The molecule has 0 aromatic carbocycles. The summed E-state index contributed by atoms with van der Waals surface area (Å²) in [5.74, 6) is -0.479. The van der Waals surface area contributed by atoms with Crippen LogP contribution in [0, 0.1) is 13.8 Å². The van der Waals surface area contributed by atoms with Crippen LogP contribution >= 0.6 is 0 Å². The monoisotopic (exact) mass is 396 g/mol. The number of amides is 2. The van der Waals surface area contributed by atoms with Crippen LogP contribution in [0.5, 0.6) is 0 Å². The molecule has 0 bridgehead atoms. The van der Waals surface area contributed by atoms with Crippen LogP contribution in [0.25, 0.3) is 0 Å². The summed E-state index contributed by atoms with van der Waals surface area (Å²) in [6, 6.07) is 0. The van der Waals surface area contributed by atoms with Crippen molar-refractivity contribution in [3.8, 4) is 0 Å². The highest BCUT2D eigenvalue weighted by molar-refractivity contribution is 7.88. The molecule has 2 amide bonds. The van der Waals surface area contributed by atoms with E-state index in [1.54, 1.807) is 0 Å². The van der Waals surface area contributed by atoms with Crippen LogP contribution < -0.4 is 0 Å². The van der Waals surface area contributed by atoms with Crippen LogP contribution in [-0.4, -0.2) is 78.0 Å². The zero-order chi connectivity index (χ0) is 19.9. The number of nitrogens with zero attached hydrogens (tertiary/aromatic N) is 4. The first-order valence-corrected chi connectivity index (χ1v) is 11.2. The number of hydrogen-bond acceptors (Lipinski definition) is 5. The molecule has 3 heterocycles. The molecule has 0 radical (unpaired) electrons. The highest BCUT2D eigenvalue weighted by atomic mass is 32.2. The Balaban J connectivity index is 1.73. The van der Waals surface area contributed by atoms with Crippen LogP contribution in [0.1, 0.15) is 51.9 Å². The highest BCUT2D eigenvalue weighted by Gasteiger charge is 2.42. The van der Waals surface area contributed by atoms with Crippen molar-refractivity contribution in [2.45, 2.75) is 40.2 Å². The summed E-state index contributed by atoms with van der Waals surface area (Å²) in [6.07, 6.45) is 3.26. The maximum Gasteiger partial charge on any atom is 0.264 e. The van der Waals surface area contributed by atoms with Gasteiger partial charge in [-0.15, -0.1) is 0 Å². The Morgan fingerprint density at radius 3 is 1.89 bits per heavy atom. The number of rotatable bonds is 6. The average molecular weight is 397 g/mol. The van der Waals surface area contributed by atoms with E-state index in [0.717, 1.165) is 30.8 Å². The second kappa shape index (κ2) is 7.37. The van der Waals surface area contributed by atoms with Gasteiger partial charge in [0, 0.05) is 44.1 Å². The van der Waals surface area contributed by atoms with Crippen LogP contribution in [-0.2, 0) is 16.6 Å². The molecule has 2 aliphatic rings. The normalized spacial score (nSPS) is 19.2. The minimum Gasteiger partial charge on any atom is -0.348 e. The molecule has 1 fully saturated rings. The van der Waals surface area contributed by atoms with Gasteiger partial charge in [-0.3, -0.25) is 19.4 Å². The van der Waals surface area contributed by atoms with Crippen molar-refractivity contribution in [2.24, 2.45) is 0 Å². The lowest BCUT2D eigenvalue weighted by Gasteiger charge is -2.34. The molecule has 0 spiro atoms. The minimum atomic E-state index is -3.20. The van der Waals surface area contributed by atoms with E-state index in [4.69, 9.17) is 0 Å². The minimum absolute atomic E-state index is 0.206. The molecule has 1 saturated heterocycles. The number of hydrogen-bond donors (Lipinski definition) is 0. The van der Waals surface area contributed by atoms with E-state index >= 15 is 0 Å². The van der Waals surface area contributed by atoms with Crippen LogP contribution in [0.3, 0.4) is 0 Å². The maximum absolute atomic E-state index is 12.9. The lowest BCUT2D eigenvalue weighted by molar-refractivity contribution is 0.0498. The molecular formula is C18H28N4O4S. The van der Waals surface area contributed by atoms with Gasteiger partial charge in [-0.05, 0) is 20.3 Å².